The number of nitrogens with zero attached hydrogens (tertiary/aromatic N) is 2. The minimum atomic E-state index is -3.49. The van der Waals surface area contributed by atoms with Crippen molar-refractivity contribution in [1.82, 2.24) is 4.98 Å². The average Bonchev–Trinajstić information content (AvgIpc) is 2.61. The van der Waals surface area contributed by atoms with Crippen LogP contribution in [0.2, 0.25) is 5.02 Å². The number of benzene rings is 1. The molecule has 1 aliphatic rings. The maximum Gasteiger partial charge on any atom is 0.310 e. The van der Waals surface area contributed by atoms with Crippen molar-refractivity contribution in [3.63, 3.8) is 0 Å². The number of halogens is 4. The zero-order valence-electron chi connectivity index (χ0n) is 14.2. The summed E-state index contributed by atoms with van der Waals surface area (Å²) >= 11 is 5.74. The van der Waals surface area contributed by atoms with Crippen molar-refractivity contribution in [2.24, 2.45) is 10.7 Å². The Balaban J connectivity index is 1.96. The van der Waals surface area contributed by atoms with Gasteiger partial charge in [-0.2, -0.15) is 8.78 Å². The zero-order chi connectivity index (χ0) is 19.8. The highest BCUT2D eigenvalue weighted by molar-refractivity contribution is 6.30. The van der Waals surface area contributed by atoms with E-state index in [0.717, 1.165) is 13.0 Å². The molecule has 2 aromatic rings. The molecule has 27 heavy (non-hydrogen) atoms. The van der Waals surface area contributed by atoms with Crippen LogP contribution in [0.25, 0.3) is 0 Å². The second kappa shape index (κ2) is 6.84. The van der Waals surface area contributed by atoms with E-state index in [1.807, 2.05) is 0 Å². The standard InChI is InChI=1S/C18H15ClF3N3O2/c1-17(18(21,22)9-27-16(23)25-17)12-6-10(2-4-13(12)20)7-15(26)14-5-3-11(19)8-24-14/h2-6,8H,7,9H2,1H3,(H2,23,25)/t17-/m1/s1. The molecule has 1 atom stereocenters. The van der Waals surface area contributed by atoms with Crippen LogP contribution < -0.4 is 5.73 Å². The van der Waals surface area contributed by atoms with E-state index in [9.17, 15) is 18.0 Å². The number of aliphatic imine (C=N–C) groups is 1. The summed E-state index contributed by atoms with van der Waals surface area (Å²) in [6.07, 6.45) is 1.17. The van der Waals surface area contributed by atoms with Crippen LogP contribution in [0.15, 0.2) is 41.5 Å². The molecule has 0 saturated heterocycles. The largest absolute Gasteiger partial charge is 0.459 e. The first-order valence-corrected chi connectivity index (χ1v) is 8.30. The fraction of sp³-hybridized carbons (Fsp3) is 0.278. The molecule has 2 N–H and O–H groups in total. The molecule has 0 radical (unpaired) electrons. The van der Waals surface area contributed by atoms with Gasteiger partial charge in [-0.15, -0.1) is 0 Å². The van der Waals surface area contributed by atoms with Gasteiger partial charge in [0.1, 0.15) is 11.5 Å². The predicted octanol–water partition coefficient (Wildman–Crippen LogP) is 3.49. The summed E-state index contributed by atoms with van der Waals surface area (Å²) in [6, 6.07) is 6.08. The van der Waals surface area contributed by atoms with Gasteiger partial charge in [0, 0.05) is 18.2 Å². The molecule has 0 saturated carbocycles. The third-order valence-corrected chi connectivity index (χ3v) is 4.60. The highest BCUT2D eigenvalue weighted by Crippen LogP contribution is 2.44. The quantitative estimate of drug-likeness (QED) is 0.801. The van der Waals surface area contributed by atoms with Crippen LogP contribution in [0.5, 0.6) is 0 Å². The molecule has 2 heterocycles. The van der Waals surface area contributed by atoms with Crippen molar-refractivity contribution in [1.29, 1.82) is 0 Å². The molecule has 9 heteroatoms. The maximum atomic E-state index is 14.4. The number of aromatic nitrogens is 1. The Morgan fingerprint density at radius 1 is 1.33 bits per heavy atom. The number of rotatable bonds is 4. The molecule has 3 rings (SSSR count). The molecular formula is C18H15ClF3N3O2. The Kier molecular flexibility index (Phi) is 4.86. The fourth-order valence-corrected chi connectivity index (χ4v) is 2.88. The molecule has 0 fully saturated rings. The van der Waals surface area contributed by atoms with E-state index in [1.54, 1.807) is 0 Å². The number of carbonyl (C=O) groups excluding carboxylic acids is 1. The average molecular weight is 398 g/mol. The lowest BCUT2D eigenvalue weighted by atomic mass is 9.84. The van der Waals surface area contributed by atoms with Gasteiger partial charge >= 0.3 is 5.92 Å². The summed E-state index contributed by atoms with van der Waals surface area (Å²) in [5, 5.41) is 0.376. The molecule has 1 aromatic carbocycles. The molecule has 0 amide bonds. The van der Waals surface area contributed by atoms with E-state index < -0.39 is 29.9 Å². The number of carbonyl (C=O) groups is 1. The number of ketones is 1. The van der Waals surface area contributed by atoms with Crippen molar-refractivity contribution in [3.8, 4) is 0 Å². The molecule has 142 valence electrons. The third-order valence-electron chi connectivity index (χ3n) is 4.38. The summed E-state index contributed by atoms with van der Waals surface area (Å²) in [7, 11) is 0. The Hall–Kier alpha value is -2.61. The summed E-state index contributed by atoms with van der Waals surface area (Å²) in [5.74, 6) is -4.73. The lowest BCUT2D eigenvalue weighted by molar-refractivity contribution is -0.117. The molecule has 1 aliphatic heterocycles. The summed E-state index contributed by atoms with van der Waals surface area (Å²) in [4.78, 5) is 19.9. The van der Waals surface area contributed by atoms with Crippen molar-refractivity contribution >= 4 is 23.4 Å². The van der Waals surface area contributed by atoms with E-state index in [-0.39, 0.29) is 23.5 Å². The van der Waals surface area contributed by atoms with Gasteiger partial charge < -0.3 is 10.5 Å². The van der Waals surface area contributed by atoms with Gasteiger partial charge in [-0.1, -0.05) is 17.7 Å². The van der Waals surface area contributed by atoms with E-state index in [2.05, 4.69) is 14.7 Å². The minimum absolute atomic E-state index is 0.154. The van der Waals surface area contributed by atoms with Crippen LogP contribution in [0.3, 0.4) is 0 Å². The minimum Gasteiger partial charge on any atom is -0.459 e. The smallest absolute Gasteiger partial charge is 0.310 e. The van der Waals surface area contributed by atoms with Crippen molar-refractivity contribution in [2.75, 3.05) is 6.61 Å². The summed E-state index contributed by atoms with van der Waals surface area (Å²) < 4.78 is 47.9. The number of alkyl halides is 2. The van der Waals surface area contributed by atoms with Gasteiger partial charge in [-0.3, -0.25) is 9.78 Å². The van der Waals surface area contributed by atoms with Crippen LogP contribution in [0.4, 0.5) is 13.2 Å². The molecule has 0 unspecified atom stereocenters. The number of hydrogen-bond acceptors (Lipinski definition) is 5. The first-order valence-electron chi connectivity index (χ1n) is 7.92. The lowest BCUT2D eigenvalue weighted by Crippen LogP contribution is -2.51. The molecule has 0 aliphatic carbocycles. The van der Waals surface area contributed by atoms with Crippen molar-refractivity contribution < 1.29 is 22.7 Å². The van der Waals surface area contributed by atoms with Gasteiger partial charge in [0.15, 0.2) is 17.9 Å². The Morgan fingerprint density at radius 2 is 2.07 bits per heavy atom. The highest BCUT2D eigenvalue weighted by atomic mass is 35.5. The monoisotopic (exact) mass is 397 g/mol. The fourth-order valence-electron chi connectivity index (χ4n) is 2.77. The number of Topliss-reactive ketones (excluding diaryl/α,β-unsaturated/α-hetero) is 1. The number of amidine groups is 1. The van der Waals surface area contributed by atoms with Gasteiger partial charge in [0.2, 0.25) is 0 Å². The molecule has 1 aromatic heterocycles. The zero-order valence-corrected chi connectivity index (χ0v) is 14.9. The van der Waals surface area contributed by atoms with Crippen LogP contribution in [-0.4, -0.2) is 29.3 Å². The van der Waals surface area contributed by atoms with E-state index in [1.165, 1.54) is 30.5 Å². The Bertz CT molecular complexity index is 919. The van der Waals surface area contributed by atoms with E-state index in [0.29, 0.717) is 10.6 Å². The second-order valence-electron chi connectivity index (χ2n) is 6.29. The number of nitrogens with two attached hydrogens (primary N) is 1. The third kappa shape index (κ3) is 3.62. The number of ether oxygens (including phenoxy) is 1. The molecule has 0 bridgehead atoms. The summed E-state index contributed by atoms with van der Waals surface area (Å²) in [6.45, 7) is 0.0588. The normalized spacial score (nSPS) is 21.3. The van der Waals surface area contributed by atoms with Crippen LogP contribution in [-0.2, 0) is 16.7 Å². The van der Waals surface area contributed by atoms with Gasteiger partial charge in [0.25, 0.3) is 6.02 Å². The summed E-state index contributed by atoms with van der Waals surface area (Å²) in [5.41, 5.74) is 3.30. The number of pyridine rings is 1. The van der Waals surface area contributed by atoms with Gasteiger partial charge in [-0.25, -0.2) is 9.38 Å². The number of hydrogen-bond donors (Lipinski definition) is 1. The van der Waals surface area contributed by atoms with Gasteiger partial charge in [-0.05, 0) is 36.8 Å². The van der Waals surface area contributed by atoms with E-state index in [4.69, 9.17) is 17.3 Å². The van der Waals surface area contributed by atoms with Crippen LogP contribution in [0.1, 0.15) is 28.5 Å². The topological polar surface area (TPSA) is 77.6 Å². The Labute approximate surface area is 158 Å². The van der Waals surface area contributed by atoms with Crippen molar-refractivity contribution in [3.05, 3.63) is 64.2 Å². The molecule has 5 nitrogen and oxygen atoms in total. The van der Waals surface area contributed by atoms with Crippen LogP contribution in [0, 0.1) is 5.82 Å². The first kappa shape index (κ1) is 19.2. The molecular weight excluding hydrogens is 383 g/mol. The lowest BCUT2D eigenvalue weighted by Gasteiger charge is -2.37. The van der Waals surface area contributed by atoms with E-state index >= 15 is 0 Å². The van der Waals surface area contributed by atoms with Crippen molar-refractivity contribution in [2.45, 2.75) is 24.8 Å². The Morgan fingerprint density at radius 3 is 2.74 bits per heavy atom. The highest BCUT2D eigenvalue weighted by Gasteiger charge is 2.56. The maximum absolute atomic E-state index is 14.4. The molecule has 0 spiro atoms. The predicted molar refractivity (Wildman–Crippen MR) is 93.6 cm³/mol. The van der Waals surface area contributed by atoms with Gasteiger partial charge in [0.05, 0.1) is 5.02 Å². The SMILES string of the molecule is C[C@]1(c2cc(CC(=O)c3ccc(Cl)cn3)ccc2F)N=C(N)OCC1(F)F. The van der Waals surface area contributed by atoms with Crippen LogP contribution >= 0.6 is 11.6 Å². The first-order chi connectivity index (χ1) is 12.6. The second-order valence-corrected chi connectivity index (χ2v) is 6.73.